The van der Waals surface area contributed by atoms with E-state index in [4.69, 9.17) is 14.7 Å². The van der Waals surface area contributed by atoms with E-state index in [-0.39, 0.29) is 0 Å². The first-order chi connectivity index (χ1) is 15.6. The number of para-hydroxylation sites is 1. The predicted octanol–water partition coefficient (Wildman–Crippen LogP) is 6.55. The molecule has 0 amide bonds. The Bertz CT molecular complexity index is 1580. The molecule has 0 aliphatic carbocycles. The van der Waals surface area contributed by atoms with Crippen molar-refractivity contribution in [2.75, 3.05) is 7.11 Å². The number of imidazole rings is 1. The zero-order chi connectivity index (χ0) is 21.8. The summed E-state index contributed by atoms with van der Waals surface area (Å²) in [4.78, 5) is 17.0. The van der Waals surface area contributed by atoms with E-state index in [2.05, 4.69) is 60.2 Å². The number of aryl methyl sites for hydroxylation is 2. The van der Waals surface area contributed by atoms with Crippen molar-refractivity contribution in [1.82, 2.24) is 19.9 Å². The van der Waals surface area contributed by atoms with Crippen molar-refractivity contribution in [2.45, 2.75) is 13.8 Å². The molecule has 0 aliphatic rings. The molecular formula is C27H22N4O. The largest absolute Gasteiger partial charge is 0.497 e. The van der Waals surface area contributed by atoms with Gasteiger partial charge in [0.05, 0.1) is 29.4 Å². The fourth-order valence-electron chi connectivity index (χ4n) is 4.32. The number of hydrogen-bond donors (Lipinski definition) is 2. The molecule has 0 unspecified atom stereocenters. The van der Waals surface area contributed by atoms with Gasteiger partial charge < -0.3 is 14.7 Å². The molecule has 0 radical (unpaired) electrons. The third kappa shape index (κ3) is 2.86. The molecule has 6 rings (SSSR count). The summed E-state index contributed by atoms with van der Waals surface area (Å²) in [6.07, 6.45) is 0. The molecular weight excluding hydrogens is 396 g/mol. The van der Waals surface area contributed by atoms with Gasteiger partial charge in [0.15, 0.2) is 5.82 Å². The van der Waals surface area contributed by atoms with Gasteiger partial charge in [0.1, 0.15) is 11.4 Å². The number of nitrogens with one attached hydrogen (secondary N) is 2. The average molecular weight is 419 g/mol. The van der Waals surface area contributed by atoms with Gasteiger partial charge >= 0.3 is 0 Å². The van der Waals surface area contributed by atoms with Gasteiger partial charge in [-0.3, -0.25) is 0 Å². The van der Waals surface area contributed by atoms with Crippen molar-refractivity contribution in [1.29, 1.82) is 0 Å². The summed E-state index contributed by atoms with van der Waals surface area (Å²) >= 11 is 0. The van der Waals surface area contributed by atoms with Crippen LogP contribution in [0.15, 0.2) is 66.7 Å². The third-order valence-electron chi connectivity index (χ3n) is 6.20. The summed E-state index contributed by atoms with van der Waals surface area (Å²) < 4.78 is 5.34. The molecule has 5 nitrogen and oxygen atoms in total. The maximum absolute atomic E-state index is 5.34. The number of aromatic nitrogens is 4. The average Bonchev–Trinajstić information content (AvgIpc) is 3.40. The Morgan fingerprint density at radius 3 is 2.34 bits per heavy atom. The molecule has 0 saturated carbocycles. The molecule has 5 heteroatoms. The highest BCUT2D eigenvalue weighted by Crippen LogP contribution is 2.35. The molecule has 2 N–H and O–H groups in total. The van der Waals surface area contributed by atoms with E-state index in [0.29, 0.717) is 0 Å². The number of ether oxygens (including phenoxy) is 1. The summed E-state index contributed by atoms with van der Waals surface area (Å²) in [5, 5.41) is 2.30. The lowest BCUT2D eigenvalue weighted by Gasteiger charge is -2.07. The topological polar surface area (TPSA) is 66.6 Å². The Morgan fingerprint density at radius 1 is 0.750 bits per heavy atom. The van der Waals surface area contributed by atoms with Crippen LogP contribution in [0.2, 0.25) is 0 Å². The van der Waals surface area contributed by atoms with E-state index >= 15 is 0 Å². The monoisotopic (exact) mass is 418 g/mol. The quantitative estimate of drug-likeness (QED) is 0.342. The van der Waals surface area contributed by atoms with Gasteiger partial charge in [0.25, 0.3) is 0 Å². The van der Waals surface area contributed by atoms with Crippen LogP contribution < -0.4 is 4.74 Å². The highest BCUT2D eigenvalue weighted by atomic mass is 16.5. The number of methoxy groups -OCH3 is 1. The van der Waals surface area contributed by atoms with Crippen LogP contribution in [0.25, 0.3) is 55.6 Å². The summed E-state index contributed by atoms with van der Waals surface area (Å²) in [6, 6.07) is 22.8. The van der Waals surface area contributed by atoms with Gasteiger partial charge in [0, 0.05) is 21.9 Å². The van der Waals surface area contributed by atoms with Gasteiger partial charge in [-0.05, 0) is 73.5 Å². The van der Waals surface area contributed by atoms with Gasteiger partial charge in [0.2, 0.25) is 0 Å². The molecule has 32 heavy (non-hydrogen) atoms. The second-order valence-corrected chi connectivity index (χ2v) is 8.22. The maximum atomic E-state index is 5.34. The molecule has 0 atom stereocenters. The standard InChI is InChI=1S/C27H22N4O/c1-15-12-22-23(13-16(15)2)31-27(30-22)24-14-20-19-6-4-5-7-21(19)28-26(20)25(29-24)17-8-10-18(32-3)11-9-17/h4-14,28H,1-3H3,(H,30,31). The van der Waals surface area contributed by atoms with E-state index in [1.54, 1.807) is 7.11 Å². The minimum absolute atomic E-state index is 0.770. The molecule has 3 aromatic carbocycles. The molecule has 3 heterocycles. The van der Waals surface area contributed by atoms with Crippen molar-refractivity contribution in [3.63, 3.8) is 0 Å². The predicted molar refractivity (Wildman–Crippen MR) is 130 cm³/mol. The lowest BCUT2D eigenvalue weighted by molar-refractivity contribution is 0.415. The minimum Gasteiger partial charge on any atom is -0.497 e. The molecule has 0 spiro atoms. The van der Waals surface area contributed by atoms with Crippen LogP contribution in [0.5, 0.6) is 5.75 Å². The number of H-pyrrole nitrogens is 2. The zero-order valence-electron chi connectivity index (χ0n) is 18.2. The SMILES string of the molecule is COc1ccc(-c2nc(-c3nc4cc(C)c(C)cc4[nH]3)cc3c2[nH]c2ccccc23)cc1. The number of hydrogen-bond acceptors (Lipinski definition) is 3. The number of benzene rings is 3. The summed E-state index contributed by atoms with van der Waals surface area (Å²) in [7, 11) is 1.68. The van der Waals surface area contributed by atoms with Crippen LogP contribution in [-0.2, 0) is 0 Å². The highest BCUT2D eigenvalue weighted by Gasteiger charge is 2.16. The fraction of sp³-hybridized carbons (Fsp3) is 0.111. The van der Waals surface area contributed by atoms with Crippen molar-refractivity contribution in [3.8, 4) is 28.5 Å². The van der Waals surface area contributed by atoms with Crippen LogP contribution in [-0.4, -0.2) is 27.0 Å². The Balaban J connectivity index is 1.64. The second-order valence-electron chi connectivity index (χ2n) is 8.22. The van der Waals surface area contributed by atoms with E-state index in [0.717, 1.165) is 56.0 Å². The van der Waals surface area contributed by atoms with Crippen LogP contribution in [0.3, 0.4) is 0 Å². The number of pyridine rings is 1. The van der Waals surface area contributed by atoms with Gasteiger partial charge in [-0.25, -0.2) is 9.97 Å². The smallest absolute Gasteiger partial charge is 0.157 e. The number of fused-ring (bicyclic) bond motifs is 4. The van der Waals surface area contributed by atoms with Crippen molar-refractivity contribution in [3.05, 3.63) is 77.9 Å². The first-order valence-electron chi connectivity index (χ1n) is 10.6. The summed E-state index contributed by atoms with van der Waals surface area (Å²) in [6.45, 7) is 4.23. The molecule has 6 aromatic rings. The van der Waals surface area contributed by atoms with E-state index < -0.39 is 0 Å². The number of aromatic amines is 2. The van der Waals surface area contributed by atoms with Crippen LogP contribution in [0.1, 0.15) is 11.1 Å². The molecule has 0 aliphatic heterocycles. The van der Waals surface area contributed by atoms with Crippen LogP contribution in [0.4, 0.5) is 0 Å². The van der Waals surface area contributed by atoms with E-state index in [9.17, 15) is 0 Å². The zero-order valence-corrected chi connectivity index (χ0v) is 18.2. The highest BCUT2D eigenvalue weighted by molar-refractivity contribution is 6.12. The normalized spacial score (nSPS) is 11.6. The minimum atomic E-state index is 0.770. The first-order valence-corrected chi connectivity index (χ1v) is 10.6. The van der Waals surface area contributed by atoms with Crippen molar-refractivity contribution in [2.24, 2.45) is 0 Å². The lowest BCUT2D eigenvalue weighted by atomic mass is 10.1. The fourth-order valence-corrected chi connectivity index (χ4v) is 4.32. The van der Waals surface area contributed by atoms with Gasteiger partial charge in [-0.15, -0.1) is 0 Å². The molecule has 0 fully saturated rings. The number of nitrogens with zero attached hydrogens (tertiary/aromatic N) is 2. The Labute approximate surface area is 185 Å². The van der Waals surface area contributed by atoms with Gasteiger partial charge in [-0.2, -0.15) is 0 Å². The lowest BCUT2D eigenvalue weighted by Crippen LogP contribution is -1.92. The van der Waals surface area contributed by atoms with Crippen LogP contribution >= 0.6 is 0 Å². The molecule has 3 aromatic heterocycles. The Morgan fingerprint density at radius 2 is 1.53 bits per heavy atom. The first kappa shape index (κ1) is 18.6. The van der Waals surface area contributed by atoms with E-state index in [1.165, 1.54) is 16.5 Å². The van der Waals surface area contributed by atoms with Crippen LogP contribution in [0, 0.1) is 13.8 Å². The van der Waals surface area contributed by atoms with Gasteiger partial charge in [-0.1, -0.05) is 18.2 Å². The van der Waals surface area contributed by atoms with Crippen molar-refractivity contribution < 1.29 is 4.74 Å². The molecule has 0 saturated heterocycles. The molecule has 156 valence electrons. The summed E-state index contributed by atoms with van der Waals surface area (Å²) in [5.74, 6) is 1.59. The Kier molecular flexibility index (Phi) is 4.05. The van der Waals surface area contributed by atoms with Crippen molar-refractivity contribution >= 4 is 32.8 Å². The third-order valence-corrected chi connectivity index (χ3v) is 6.20. The summed E-state index contributed by atoms with van der Waals surface area (Å²) in [5.41, 5.74) is 9.29. The molecule has 0 bridgehead atoms. The second kappa shape index (κ2) is 6.95. The number of rotatable bonds is 3. The van der Waals surface area contributed by atoms with E-state index in [1.807, 2.05) is 30.3 Å². The Hall–Kier alpha value is -4.12. The maximum Gasteiger partial charge on any atom is 0.157 e.